The maximum atomic E-state index is 12.9. The maximum absolute atomic E-state index is 12.9. The lowest BCUT2D eigenvalue weighted by molar-refractivity contribution is 0.980. The molecule has 0 atom stereocenters. The second kappa shape index (κ2) is 5.83. The van der Waals surface area contributed by atoms with E-state index in [2.05, 4.69) is 4.98 Å². The molecule has 0 bridgehead atoms. The molecule has 0 radical (unpaired) electrons. The second-order valence-corrected chi connectivity index (χ2v) is 6.31. The van der Waals surface area contributed by atoms with Crippen LogP contribution in [0.15, 0.2) is 58.3 Å². The number of nitriles is 1. The molecular formula is C19H11ClN4O2. The molecule has 0 spiro atoms. The molecule has 7 heteroatoms. The van der Waals surface area contributed by atoms with Crippen molar-refractivity contribution in [1.29, 1.82) is 5.26 Å². The van der Waals surface area contributed by atoms with E-state index in [4.69, 9.17) is 11.6 Å². The number of pyridine rings is 2. The summed E-state index contributed by atoms with van der Waals surface area (Å²) in [4.78, 5) is 30.2. The molecule has 0 aliphatic carbocycles. The van der Waals surface area contributed by atoms with E-state index in [1.807, 2.05) is 19.1 Å². The van der Waals surface area contributed by atoms with Crippen molar-refractivity contribution in [3.63, 3.8) is 0 Å². The topological polar surface area (TPSA) is 80.2 Å². The van der Waals surface area contributed by atoms with E-state index in [1.54, 1.807) is 36.5 Å². The van der Waals surface area contributed by atoms with E-state index in [0.29, 0.717) is 16.4 Å². The van der Waals surface area contributed by atoms with Crippen LogP contribution in [0.3, 0.4) is 0 Å². The molecule has 0 amide bonds. The maximum Gasteiger partial charge on any atom is 0.274 e. The van der Waals surface area contributed by atoms with E-state index in [-0.39, 0.29) is 22.2 Å². The van der Waals surface area contributed by atoms with Gasteiger partial charge >= 0.3 is 0 Å². The van der Waals surface area contributed by atoms with Gasteiger partial charge in [0.15, 0.2) is 5.65 Å². The predicted molar refractivity (Wildman–Crippen MR) is 99.0 cm³/mol. The minimum atomic E-state index is -0.536. The summed E-state index contributed by atoms with van der Waals surface area (Å²) < 4.78 is 2.68. The Morgan fingerprint density at radius 1 is 1.08 bits per heavy atom. The number of aromatic nitrogens is 3. The van der Waals surface area contributed by atoms with Crippen molar-refractivity contribution in [2.75, 3.05) is 0 Å². The molecule has 0 saturated heterocycles. The zero-order chi connectivity index (χ0) is 18.4. The van der Waals surface area contributed by atoms with Gasteiger partial charge in [-0.2, -0.15) is 5.26 Å². The minimum Gasteiger partial charge on any atom is -0.268 e. The molecule has 3 heterocycles. The van der Waals surface area contributed by atoms with Gasteiger partial charge in [0, 0.05) is 11.2 Å². The van der Waals surface area contributed by atoms with Crippen molar-refractivity contribution in [2.45, 2.75) is 6.92 Å². The molecule has 4 aromatic rings. The number of aryl methyl sites for hydroxylation is 1. The Balaban J connectivity index is 2.25. The smallest absolute Gasteiger partial charge is 0.268 e. The van der Waals surface area contributed by atoms with Gasteiger partial charge in [0.2, 0.25) is 0 Å². The van der Waals surface area contributed by atoms with Crippen molar-refractivity contribution in [1.82, 2.24) is 14.0 Å². The van der Waals surface area contributed by atoms with Crippen LogP contribution in [0, 0.1) is 18.3 Å². The molecule has 3 aromatic heterocycles. The summed E-state index contributed by atoms with van der Waals surface area (Å²) in [5.74, 6) is 0. The first-order valence-electron chi connectivity index (χ1n) is 7.74. The Labute approximate surface area is 152 Å². The van der Waals surface area contributed by atoms with Gasteiger partial charge in [0.05, 0.1) is 11.1 Å². The molecule has 26 heavy (non-hydrogen) atoms. The summed E-state index contributed by atoms with van der Waals surface area (Å²) in [6, 6.07) is 13.3. The first-order chi connectivity index (χ1) is 12.5. The van der Waals surface area contributed by atoms with E-state index in [0.717, 1.165) is 5.56 Å². The third-order valence-corrected chi connectivity index (χ3v) is 4.38. The standard InChI is InChI=1S/C19H11ClN4O2/c1-11-2-7-16-22-17-15(19(26)23(16)10-11)8-12(9-21)18(25)24(17)14-5-3-13(20)4-6-14/h2-8,10H,1H3. The highest BCUT2D eigenvalue weighted by molar-refractivity contribution is 6.30. The summed E-state index contributed by atoms with van der Waals surface area (Å²) in [6.45, 7) is 1.87. The molecule has 4 rings (SSSR count). The normalized spacial score (nSPS) is 11.0. The lowest BCUT2D eigenvalue weighted by atomic mass is 10.2. The Hall–Kier alpha value is -3.43. The summed E-state index contributed by atoms with van der Waals surface area (Å²) in [6.07, 6.45) is 1.67. The highest BCUT2D eigenvalue weighted by Gasteiger charge is 2.16. The number of nitrogens with zero attached hydrogens (tertiary/aromatic N) is 4. The van der Waals surface area contributed by atoms with Crippen molar-refractivity contribution in [2.24, 2.45) is 0 Å². The lowest BCUT2D eigenvalue weighted by Crippen LogP contribution is -2.26. The first-order valence-corrected chi connectivity index (χ1v) is 8.12. The third kappa shape index (κ3) is 2.38. The zero-order valence-electron chi connectivity index (χ0n) is 13.6. The quantitative estimate of drug-likeness (QED) is 0.488. The SMILES string of the molecule is Cc1ccc2nc3c(cc(C#N)c(=O)n3-c3ccc(Cl)cc3)c(=O)n2c1. The van der Waals surface area contributed by atoms with Gasteiger partial charge in [-0.25, -0.2) is 4.98 Å². The van der Waals surface area contributed by atoms with Gasteiger partial charge in [-0.15, -0.1) is 0 Å². The van der Waals surface area contributed by atoms with Crippen LogP contribution in [-0.4, -0.2) is 14.0 Å². The fraction of sp³-hybridized carbons (Fsp3) is 0.0526. The lowest BCUT2D eigenvalue weighted by Gasteiger charge is -2.11. The average molecular weight is 363 g/mol. The van der Waals surface area contributed by atoms with E-state index in [1.165, 1.54) is 15.0 Å². The van der Waals surface area contributed by atoms with Crippen LogP contribution in [-0.2, 0) is 0 Å². The Morgan fingerprint density at radius 3 is 2.50 bits per heavy atom. The fourth-order valence-corrected chi connectivity index (χ4v) is 3.00. The average Bonchev–Trinajstić information content (AvgIpc) is 2.63. The van der Waals surface area contributed by atoms with Crippen molar-refractivity contribution >= 4 is 28.3 Å². The van der Waals surface area contributed by atoms with Gasteiger partial charge in [-0.1, -0.05) is 17.7 Å². The Kier molecular flexibility index (Phi) is 3.60. The van der Waals surface area contributed by atoms with Gasteiger partial charge in [-0.05, 0) is 48.9 Å². The van der Waals surface area contributed by atoms with Crippen LogP contribution in [0.5, 0.6) is 0 Å². The van der Waals surface area contributed by atoms with Crippen molar-refractivity contribution < 1.29 is 0 Å². The van der Waals surface area contributed by atoms with Crippen LogP contribution in [0.25, 0.3) is 22.4 Å². The van der Waals surface area contributed by atoms with Crippen LogP contribution < -0.4 is 11.1 Å². The molecular weight excluding hydrogens is 352 g/mol. The largest absolute Gasteiger partial charge is 0.274 e. The van der Waals surface area contributed by atoms with E-state index < -0.39 is 5.56 Å². The molecule has 0 unspecified atom stereocenters. The fourth-order valence-electron chi connectivity index (χ4n) is 2.88. The number of hydrogen-bond donors (Lipinski definition) is 0. The molecule has 0 aliphatic rings. The van der Waals surface area contributed by atoms with Gasteiger partial charge in [0.25, 0.3) is 11.1 Å². The molecule has 6 nitrogen and oxygen atoms in total. The van der Waals surface area contributed by atoms with Crippen LogP contribution >= 0.6 is 11.6 Å². The Morgan fingerprint density at radius 2 is 1.81 bits per heavy atom. The predicted octanol–water partition coefficient (Wildman–Crippen LogP) is 2.83. The summed E-state index contributed by atoms with van der Waals surface area (Å²) in [7, 11) is 0. The summed E-state index contributed by atoms with van der Waals surface area (Å²) >= 11 is 5.93. The monoisotopic (exact) mass is 362 g/mol. The molecule has 0 fully saturated rings. The van der Waals surface area contributed by atoms with Crippen LogP contribution in [0.2, 0.25) is 5.02 Å². The van der Waals surface area contributed by atoms with Gasteiger partial charge in [0.1, 0.15) is 17.3 Å². The Bertz CT molecular complexity index is 1350. The van der Waals surface area contributed by atoms with Crippen molar-refractivity contribution in [3.8, 4) is 11.8 Å². The highest BCUT2D eigenvalue weighted by Crippen LogP contribution is 2.17. The number of fused-ring (bicyclic) bond motifs is 2. The van der Waals surface area contributed by atoms with Gasteiger partial charge < -0.3 is 0 Å². The molecule has 0 N–H and O–H groups in total. The zero-order valence-corrected chi connectivity index (χ0v) is 14.4. The number of rotatable bonds is 1. The summed E-state index contributed by atoms with van der Waals surface area (Å²) in [5.41, 5.74) is 0.986. The van der Waals surface area contributed by atoms with E-state index >= 15 is 0 Å². The molecule has 0 saturated carbocycles. The van der Waals surface area contributed by atoms with Crippen molar-refractivity contribution in [3.05, 3.63) is 85.5 Å². The van der Waals surface area contributed by atoms with Crippen LogP contribution in [0.4, 0.5) is 0 Å². The first kappa shape index (κ1) is 16.1. The number of hydrogen-bond acceptors (Lipinski definition) is 4. The molecule has 0 aliphatic heterocycles. The molecule has 1 aromatic carbocycles. The minimum absolute atomic E-state index is 0.126. The van der Waals surface area contributed by atoms with Gasteiger partial charge in [-0.3, -0.25) is 18.6 Å². The third-order valence-electron chi connectivity index (χ3n) is 4.12. The highest BCUT2D eigenvalue weighted by atomic mass is 35.5. The second-order valence-electron chi connectivity index (χ2n) is 5.88. The van der Waals surface area contributed by atoms with Crippen LogP contribution in [0.1, 0.15) is 11.1 Å². The number of benzene rings is 1. The van der Waals surface area contributed by atoms with E-state index in [9.17, 15) is 14.9 Å². The molecule has 126 valence electrons. The summed E-state index contributed by atoms with van der Waals surface area (Å²) in [5, 5.41) is 10.0. The number of halogens is 1.